The Morgan fingerprint density at radius 1 is 0.720 bits per heavy atom. The lowest BCUT2D eigenvalue weighted by Gasteiger charge is -2.39. The molecule has 0 aliphatic carbocycles. The smallest absolute Gasteiger partial charge is 0.113 e. The average molecular weight is 345 g/mol. The van der Waals surface area contributed by atoms with Crippen molar-refractivity contribution >= 4 is 29.8 Å². The van der Waals surface area contributed by atoms with E-state index in [-0.39, 0.29) is 5.92 Å². The molecule has 3 heteroatoms. The van der Waals surface area contributed by atoms with Crippen LogP contribution in [0.4, 0.5) is 11.4 Å². The van der Waals surface area contributed by atoms with Gasteiger partial charge in [-0.1, -0.05) is 49.5 Å². The van der Waals surface area contributed by atoms with E-state index in [4.69, 9.17) is 11.5 Å². The van der Waals surface area contributed by atoms with Crippen molar-refractivity contribution in [3.63, 3.8) is 0 Å². The summed E-state index contributed by atoms with van der Waals surface area (Å²) in [6.07, 6.45) is 0. The van der Waals surface area contributed by atoms with Crippen LogP contribution in [0.25, 0.3) is 0 Å². The number of anilines is 2. The second-order valence-corrected chi connectivity index (χ2v) is 11.9. The number of hydrogen-bond acceptors (Lipinski definition) is 2. The van der Waals surface area contributed by atoms with E-state index in [9.17, 15) is 0 Å². The molecule has 25 heavy (non-hydrogen) atoms. The summed E-state index contributed by atoms with van der Waals surface area (Å²) in [5.74, 6) is 0.243. The first-order valence-electron chi connectivity index (χ1n) is 8.75. The Hall–Kier alpha value is -2.52. The summed E-state index contributed by atoms with van der Waals surface area (Å²) in [6.45, 7) is 7.00. The number of aryl methyl sites for hydroxylation is 1. The summed E-state index contributed by atoms with van der Waals surface area (Å²) in [6, 6.07) is 21.6. The molecule has 126 valence electrons. The van der Waals surface area contributed by atoms with Crippen molar-refractivity contribution in [3.05, 3.63) is 82.9 Å². The van der Waals surface area contributed by atoms with Crippen LogP contribution >= 0.6 is 0 Å². The minimum absolute atomic E-state index is 0.243. The van der Waals surface area contributed by atoms with Crippen molar-refractivity contribution in [1.82, 2.24) is 0 Å². The first-order chi connectivity index (χ1) is 11.9. The Balaban J connectivity index is 2.09. The van der Waals surface area contributed by atoms with Gasteiger partial charge in [-0.05, 0) is 63.8 Å². The van der Waals surface area contributed by atoms with Crippen molar-refractivity contribution in [1.29, 1.82) is 0 Å². The quantitative estimate of drug-likeness (QED) is 0.524. The first kappa shape index (κ1) is 16.0. The number of benzene rings is 3. The highest BCUT2D eigenvalue weighted by Gasteiger charge is 2.39. The van der Waals surface area contributed by atoms with Crippen molar-refractivity contribution in [2.75, 3.05) is 11.5 Å². The van der Waals surface area contributed by atoms with E-state index in [1.54, 1.807) is 0 Å². The van der Waals surface area contributed by atoms with Gasteiger partial charge in [-0.2, -0.15) is 0 Å². The molecule has 4 N–H and O–H groups in total. The molecule has 0 radical (unpaired) electrons. The van der Waals surface area contributed by atoms with Crippen LogP contribution in [0.2, 0.25) is 13.1 Å². The summed E-state index contributed by atoms with van der Waals surface area (Å²) < 4.78 is 0. The zero-order valence-electron chi connectivity index (χ0n) is 15.0. The monoisotopic (exact) mass is 344 g/mol. The second kappa shape index (κ2) is 5.50. The van der Waals surface area contributed by atoms with Gasteiger partial charge in [-0.3, -0.25) is 0 Å². The molecule has 0 saturated heterocycles. The summed E-state index contributed by atoms with van der Waals surface area (Å²) in [4.78, 5) is 0. The van der Waals surface area contributed by atoms with Gasteiger partial charge in [0.2, 0.25) is 0 Å². The third-order valence-corrected chi connectivity index (χ3v) is 9.18. The minimum atomic E-state index is -1.85. The van der Waals surface area contributed by atoms with Gasteiger partial charge in [0, 0.05) is 17.3 Å². The Kier molecular flexibility index (Phi) is 3.51. The van der Waals surface area contributed by atoms with Crippen LogP contribution in [0, 0.1) is 6.92 Å². The van der Waals surface area contributed by atoms with E-state index >= 15 is 0 Å². The van der Waals surface area contributed by atoms with E-state index in [1.807, 2.05) is 12.1 Å². The van der Waals surface area contributed by atoms with Crippen molar-refractivity contribution < 1.29 is 0 Å². The zero-order valence-corrected chi connectivity index (χ0v) is 16.0. The lowest BCUT2D eigenvalue weighted by atomic mass is 9.82. The van der Waals surface area contributed by atoms with Gasteiger partial charge in [0.15, 0.2) is 0 Å². The molecular weight excluding hydrogens is 320 g/mol. The molecule has 0 saturated carbocycles. The number of nitrogens with two attached hydrogens (primary N) is 2. The van der Waals surface area contributed by atoms with Crippen LogP contribution in [0.3, 0.4) is 0 Å². The summed E-state index contributed by atoms with van der Waals surface area (Å²) in [5.41, 5.74) is 19.5. The predicted molar refractivity (Wildman–Crippen MR) is 111 cm³/mol. The highest BCUT2D eigenvalue weighted by molar-refractivity contribution is 7.01. The topological polar surface area (TPSA) is 52.0 Å². The molecule has 0 spiro atoms. The summed E-state index contributed by atoms with van der Waals surface area (Å²) >= 11 is 0. The molecule has 0 atom stereocenters. The molecule has 2 nitrogen and oxygen atoms in total. The number of rotatable bonds is 1. The van der Waals surface area contributed by atoms with Gasteiger partial charge in [0.05, 0.1) is 0 Å². The third kappa shape index (κ3) is 2.38. The van der Waals surface area contributed by atoms with Crippen LogP contribution in [0.1, 0.15) is 28.2 Å². The molecule has 3 aromatic carbocycles. The largest absolute Gasteiger partial charge is 0.399 e. The maximum absolute atomic E-state index is 6.16. The predicted octanol–water partition coefficient (Wildman–Crippen LogP) is 3.48. The molecule has 0 amide bonds. The van der Waals surface area contributed by atoms with Gasteiger partial charge in [0.1, 0.15) is 8.07 Å². The molecule has 3 aromatic rings. The highest BCUT2D eigenvalue weighted by Crippen LogP contribution is 2.37. The van der Waals surface area contributed by atoms with Gasteiger partial charge in [-0.15, -0.1) is 0 Å². The first-order valence-corrected chi connectivity index (χ1v) is 11.7. The maximum Gasteiger partial charge on any atom is 0.113 e. The van der Waals surface area contributed by atoms with Gasteiger partial charge < -0.3 is 11.5 Å². The van der Waals surface area contributed by atoms with E-state index < -0.39 is 8.07 Å². The van der Waals surface area contributed by atoms with Gasteiger partial charge in [-0.25, -0.2) is 0 Å². The molecule has 0 aromatic heterocycles. The minimum Gasteiger partial charge on any atom is -0.399 e. The fourth-order valence-electron chi connectivity index (χ4n) is 4.29. The number of hydrogen-bond donors (Lipinski definition) is 2. The van der Waals surface area contributed by atoms with Crippen molar-refractivity contribution in [3.8, 4) is 0 Å². The fourth-order valence-corrected chi connectivity index (χ4v) is 7.54. The van der Waals surface area contributed by atoms with Crippen LogP contribution in [0.15, 0.2) is 60.7 Å². The summed E-state index contributed by atoms with van der Waals surface area (Å²) in [5, 5.41) is 2.86. The Bertz CT molecular complexity index is 920. The fraction of sp³-hybridized carbons (Fsp3) is 0.182. The van der Waals surface area contributed by atoms with Crippen LogP contribution in [0.5, 0.6) is 0 Å². The van der Waals surface area contributed by atoms with Crippen molar-refractivity contribution in [2.45, 2.75) is 25.9 Å². The molecule has 1 heterocycles. The molecule has 0 unspecified atom stereocenters. The van der Waals surface area contributed by atoms with Gasteiger partial charge >= 0.3 is 0 Å². The third-order valence-electron chi connectivity index (χ3n) is 5.62. The Morgan fingerprint density at radius 2 is 1.24 bits per heavy atom. The molecule has 4 rings (SSSR count). The molecule has 0 fully saturated rings. The van der Waals surface area contributed by atoms with E-state index in [2.05, 4.69) is 68.5 Å². The molecule has 1 aliphatic heterocycles. The number of nitrogen functional groups attached to an aromatic ring is 2. The lowest BCUT2D eigenvalue weighted by molar-refractivity contribution is 0.968. The van der Waals surface area contributed by atoms with E-state index in [0.29, 0.717) is 0 Å². The normalized spacial score (nSPS) is 15.5. The average Bonchev–Trinajstić information content (AvgIpc) is 2.58. The SMILES string of the molecule is Cc1ccccc1C1c2ccc(N)cc2[Si](C)(C)c2cc(N)ccc21. The van der Waals surface area contributed by atoms with Gasteiger partial charge in [0.25, 0.3) is 0 Å². The van der Waals surface area contributed by atoms with Crippen LogP contribution < -0.4 is 21.8 Å². The standard InChI is InChI=1S/C22H24N2Si/c1-14-6-4-5-7-17(14)22-18-10-8-15(23)12-20(18)25(2,3)21-13-16(24)9-11-19(21)22/h4-13,22H,23-24H2,1-3H3. The Morgan fingerprint density at radius 3 is 1.76 bits per heavy atom. The summed E-state index contributed by atoms with van der Waals surface area (Å²) in [7, 11) is -1.85. The van der Waals surface area contributed by atoms with E-state index in [1.165, 1.54) is 32.6 Å². The number of fused-ring (bicyclic) bond motifs is 2. The lowest BCUT2D eigenvalue weighted by Crippen LogP contribution is -2.59. The highest BCUT2D eigenvalue weighted by atomic mass is 28.3. The Labute approximate surface area is 150 Å². The molecular formula is C22H24N2Si. The van der Waals surface area contributed by atoms with Crippen LogP contribution in [-0.2, 0) is 0 Å². The molecule has 0 bridgehead atoms. The zero-order chi connectivity index (χ0) is 17.8. The van der Waals surface area contributed by atoms with Crippen LogP contribution in [-0.4, -0.2) is 8.07 Å². The van der Waals surface area contributed by atoms with Crippen molar-refractivity contribution in [2.24, 2.45) is 0 Å². The van der Waals surface area contributed by atoms with E-state index in [0.717, 1.165) is 11.4 Å². The maximum atomic E-state index is 6.16. The molecule has 1 aliphatic rings. The second-order valence-electron chi connectivity index (χ2n) is 7.61.